The van der Waals surface area contributed by atoms with Crippen LogP contribution in [-0.2, 0) is 4.74 Å². The number of hydrogen-bond acceptors (Lipinski definition) is 5. The van der Waals surface area contributed by atoms with Gasteiger partial charge in [-0.3, -0.25) is 4.90 Å². The number of nitrogens with zero attached hydrogens (tertiary/aromatic N) is 3. The van der Waals surface area contributed by atoms with Gasteiger partial charge in [0.1, 0.15) is 0 Å². The number of ether oxygens (including phenoxy) is 1. The van der Waals surface area contributed by atoms with Crippen LogP contribution < -0.4 is 10.6 Å². The third-order valence-electron chi connectivity index (χ3n) is 3.97. The molecule has 1 aromatic heterocycles. The van der Waals surface area contributed by atoms with Gasteiger partial charge >= 0.3 is 0 Å². The summed E-state index contributed by atoms with van der Waals surface area (Å²) in [6.45, 7) is 6.13. The molecule has 2 aliphatic rings. The molecule has 1 unspecified atom stereocenters. The average Bonchev–Trinajstić information content (AvgIpc) is 2.93. The molecule has 0 spiro atoms. The van der Waals surface area contributed by atoms with Gasteiger partial charge in [-0.25, -0.2) is 4.98 Å². The second-order valence-electron chi connectivity index (χ2n) is 5.34. The Hall–Kier alpha value is -1.33. The number of hydrogen-bond donors (Lipinski definition) is 1. The number of nitrogens with two attached hydrogens (primary N) is 1. The van der Waals surface area contributed by atoms with Crippen molar-refractivity contribution < 1.29 is 4.74 Å². The Morgan fingerprint density at radius 2 is 2.16 bits per heavy atom. The molecular formula is C14H22N4O. The Labute approximate surface area is 114 Å². The highest BCUT2D eigenvalue weighted by Crippen LogP contribution is 2.21. The summed E-state index contributed by atoms with van der Waals surface area (Å²) in [7, 11) is 0. The molecule has 104 valence electrons. The summed E-state index contributed by atoms with van der Waals surface area (Å²) < 4.78 is 5.70. The molecule has 2 saturated heterocycles. The maximum Gasteiger partial charge on any atom is 0.151 e. The van der Waals surface area contributed by atoms with E-state index < -0.39 is 0 Å². The van der Waals surface area contributed by atoms with Crippen molar-refractivity contribution in [2.45, 2.75) is 18.9 Å². The fraction of sp³-hybridized carbons (Fsp3) is 0.643. The van der Waals surface area contributed by atoms with Gasteiger partial charge in [-0.15, -0.1) is 0 Å². The van der Waals surface area contributed by atoms with E-state index in [2.05, 4.69) is 14.8 Å². The predicted octanol–water partition coefficient (Wildman–Crippen LogP) is 0.965. The van der Waals surface area contributed by atoms with Gasteiger partial charge < -0.3 is 15.4 Å². The first-order valence-corrected chi connectivity index (χ1v) is 7.12. The van der Waals surface area contributed by atoms with Crippen LogP contribution in [0.25, 0.3) is 0 Å². The van der Waals surface area contributed by atoms with Gasteiger partial charge in [0.2, 0.25) is 0 Å². The third-order valence-corrected chi connectivity index (χ3v) is 3.97. The SMILES string of the molecule is Nc1cccnc1N1CCN(CC2CCCO2)CC1. The summed E-state index contributed by atoms with van der Waals surface area (Å²) in [6.07, 6.45) is 4.69. The lowest BCUT2D eigenvalue weighted by atomic mass is 10.2. The number of piperazine rings is 1. The maximum absolute atomic E-state index is 5.98. The molecule has 0 saturated carbocycles. The van der Waals surface area contributed by atoms with Gasteiger partial charge in [-0.05, 0) is 25.0 Å². The molecule has 2 aliphatic heterocycles. The molecule has 0 radical (unpaired) electrons. The minimum absolute atomic E-state index is 0.450. The third kappa shape index (κ3) is 2.98. The van der Waals surface area contributed by atoms with Gasteiger partial charge in [0, 0.05) is 45.5 Å². The van der Waals surface area contributed by atoms with Crippen LogP contribution in [-0.4, -0.2) is 55.3 Å². The van der Waals surface area contributed by atoms with Gasteiger partial charge in [-0.1, -0.05) is 0 Å². The average molecular weight is 262 g/mol. The van der Waals surface area contributed by atoms with Crippen molar-refractivity contribution in [3.8, 4) is 0 Å². The zero-order valence-electron chi connectivity index (χ0n) is 11.3. The van der Waals surface area contributed by atoms with Crippen LogP contribution in [0.1, 0.15) is 12.8 Å². The molecule has 2 fully saturated rings. The molecule has 3 rings (SSSR count). The highest BCUT2D eigenvalue weighted by molar-refractivity contribution is 5.62. The molecule has 5 nitrogen and oxygen atoms in total. The summed E-state index contributed by atoms with van der Waals surface area (Å²) in [5.74, 6) is 0.930. The Balaban J connectivity index is 1.53. The molecular weight excluding hydrogens is 240 g/mol. The topological polar surface area (TPSA) is 54.6 Å². The van der Waals surface area contributed by atoms with E-state index in [1.807, 2.05) is 18.3 Å². The molecule has 1 aromatic rings. The zero-order valence-corrected chi connectivity index (χ0v) is 11.3. The van der Waals surface area contributed by atoms with Crippen molar-refractivity contribution >= 4 is 11.5 Å². The van der Waals surface area contributed by atoms with E-state index in [1.54, 1.807) is 0 Å². The first-order valence-electron chi connectivity index (χ1n) is 7.12. The quantitative estimate of drug-likeness (QED) is 0.879. The van der Waals surface area contributed by atoms with Gasteiger partial charge in [-0.2, -0.15) is 0 Å². The van der Waals surface area contributed by atoms with E-state index in [0.717, 1.165) is 50.8 Å². The van der Waals surface area contributed by atoms with E-state index in [4.69, 9.17) is 10.5 Å². The fourth-order valence-electron chi connectivity index (χ4n) is 2.89. The molecule has 5 heteroatoms. The first kappa shape index (κ1) is 12.7. The lowest BCUT2D eigenvalue weighted by Gasteiger charge is -2.36. The second-order valence-corrected chi connectivity index (χ2v) is 5.34. The number of rotatable bonds is 3. The lowest BCUT2D eigenvalue weighted by Crippen LogP contribution is -2.48. The molecule has 3 heterocycles. The summed E-state index contributed by atoms with van der Waals surface area (Å²) in [4.78, 5) is 9.16. The fourth-order valence-corrected chi connectivity index (χ4v) is 2.89. The Morgan fingerprint density at radius 1 is 1.32 bits per heavy atom. The van der Waals surface area contributed by atoms with E-state index in [9.17, 15) is 0 Å². The van der Waals surface area contributed by atoms with Crippen LogP contribution >= 0.6 is 0 Å². The minimum atomic E-state index is 0.450. The van der Waals surface area contributed by atoms with Crippen LogP contribution in [0.15, 0.2) is 18.3 Å². The molecule has 1 atom stereocenters. The molecule has 0 amide bonds. The van der Waals surface area contributed by atoms with Crippen molar-refractivity contribution in [1.82, 2.24) is 9.88 Å². The van der Waals surface area contributed by atoms with Crippen molar-refractivity contribution in [3.05, 3.63) is 18.3 Å². The van der Waals surface area contributed by atoms with Crippen molar-refractivity contribution in [1.29, 1.82) is 0 Å². The smallest absolute Gasteiger partial charge is 0.151 e. The second kappa shape index (κ2) is 5.75. The number of nitrogen functional groups attached to an aromatic ring is 1. The van der Waals surface area contributed by atoms with Crippen molar-refractivity contribution in [2.24, 2.45) is 0 Å². The molecule has 19 heavy (non-hydrogen) atoms. The van der Waals surface area contributed by atoms with Crippen LogP contribution in [0.5, 0.6) is 0 Å². The van der Waals surface area contributed by atoms with Crippen LogP contribution in [0.3, 0.4) is 0 Å². The Kier molecular flexibility index (Phi) is 3.84. The lowest BCUT2D eigenvalue weighted by molar-refractivity contribution is 0.0712. The highest BCUT2D eigenvalue weighted by Gasteiger charge is 2.23. The molecule has 0 bridgehead atoms. The molecule has 0 aromatic carbocycles. The van der Waals surface area contributed by atoms with E-state index >= 15 is 0 Å². The Bertz CT molecular complexity index is 412. The minimum Gasteiger partial charge on any atom is -0.396 e. The number of aromatic nitrogens is 1. The largest absolute Gasteiger partial charge is 0.396 e. The first-order chi connectivity index (χ1) is 9.33. The summed E-state index contributed by atoms with van der Waals surface area (Å²) in [5.41, 5.74) is 6.75. The molecule has 2 N–H and O–H groups in total. The monoisotopic (exact) mass is 262 g/mol. The van der Waals surface area contributed by atoms with E-state index in [-0.39, 0.29) is 0 Å². The predicted molar refractivity (Wildman–Crippen MR) is 76.3 cm³/mol. The van der Waals surface area contributed by atoms with Crippen molar-refractivity contribution in [2.75, 3.05) is 50.0 Å². The summed E-state index contributed by atoms with van der Waals surface area (Å²) in [6, 6.07) is 3.80. The van der Waals surface area contributed by atoms with Crippen LogP contribution in [0.2, 0.25) is 0 Å². The number of pyridine rings is 1. The van der Waals surface area contributed by atoms with Gasteiger partial charge in [0.05, 0.1) is 11.8 Å². The Morgan fingerprint density at radius 3 is 2.84 bits per heavy atom. The highest BCUT2D eigenvalue weighted by atomic mass is 16.5. The normalized spacial score (nSPS) is 24.8. The van der Waals surface area contributed by atoms with E-state index in [0.29, 0.717) is 6.10 Å². The van der Waals surface area contributed by atoms with Gasteiger partial charge in [0.25, 0.3) is 0 Å². The molecule has 0 aliphatic carbocycles. The van der Waals surface area contributed by atoms with Gasteiger partial charge in [0.15, 0.2) is 5.82 Å². The summed E-state index contributed by atoms with van der Waals surface area (Å²) >= 11 is 0. The number of anilines is 2. The zero-order chi connectivity index (χ0) is 13.1. The maximum atomic E-state index is 5.98. The van der Waals surface area contributed by atoms with Crippen LogP contribution in [0.4, 0.5) is 11.5 Å². The summed E-state index contributed by atoms with van der Waals surface area (Å²) in [5, 5.41) is 0. The van der Waals surface area contributed by atoms with Crippen LogP contribution in [0, 0.1) is 0 Å². The standard InChI is InChI=1S/C14H22N4O/c15-13-4-1-5-16-14(13)18-8-6-17(7-9-18)11-12-3-2-10-19-12/h1,4-5,12H,2-3,6-11,15H2. The van der Waals surface area contributed by atoms with E-state index in [1.165, 1.54) is 12.8 Å². The van der Waals surface area contributed by atoms with Crippen molar-refractivity contribution in [3.63, 3.8) is 0 Å².